The SMILES string of the molecule is O=C(CCc1ccc(Cl)cc1)N1CCO[C@@H](c2ccncc2)C1. The first-order valence-corrected chi connectivity index (χ1v) is 8.14. The van der Waals surface area contributed by atoms with Crippen LogP contribution in [-0.2, 0) is 16.0 Å². The third-order valence-corrected chi connectivity index (χ3v) is 4.29. The van der Waals surface area contributed by atoms with Crippen molar-refractivity contribution in [2.24, 2.45) is 0 Å². The Morgan fingerprint density at radius 3 is 2.70 bits per heavy atom. The van der Waals surface area contributed by atoms with Crippen LogP contribution in [0, 0.1) is 0 Å². The summed E-state index contributed by atoms with van der Waals surface area (Å²) < 4.78 is 5.78. The van der Waals surface area contributed by atoms with Gasteiger partial charge in [0.05, 0.1) is 13.2 Å². The molecule has 4 nitrogen and oxygen atoms in total. The molecule has 0 radical (unpaired) electrons. The number of rotatable bonds is 4. The molecule has 1 aromatic carbocycles. The van der Waals surface area contributed by atoms with Gasteiger partial charge in [0.1, 0.15) is 6.10 Å². The Labute approximate surface area is 141 Å². The van der Waals surface area contributed by atoms with Crippen molar-refractivity contribution in [3.8, 4) is 0 Å². The summed E-state index contributed by atoms with van der Waals surface area (Å²) in [7, 11) is 0. The van der Waals surface area contributed by atoms with Crippen molar-refractivity contribution in [1.29, 1.82) is 0 Å². The minimum absolute atomic E-state index is 0.0637. The molecule has 0 N–H and O–H groups in total. The van der Waals surface area contributed by atoms with Crippen LogP contribution in [0.4, 0.5) is 0 Å². The van der Waals surface area contributed by atoms with Crippen LogP contribution in [0.25, 0.3) is 0 Å². The van der Waals surface area contributed by atoms with Crippen molar-refractivity contribution in [2.75, 3.05) is 19.7 Å². The minimum Gasteiger partial charge on any atom is -0.370 e. The summed E-state index contributed by atoms with van der Waals surface area (Å²) in [6, 6.07) is 11.5. The fourth-order valence-corrected chi connectivity index (χ4v) is 2.84. The van der Waals surface area contributed by atoms with Gasteiger partial charge in [0.25, 0.3) is 0 Å². The molecule has 0 saturated carbocycles. The maximum absolute atomic E-state index is 12.4. The van der Waals surface area contributed by atoms with Gasteiger partial charge in [0.2, 0.25) is 5.91 Å². The van der Waals surface area contributed by atoms with Gasteiger partial charge < -0.3 is 9.64 Å². The third kappa shape index (κ3) is 4.30. The first-order chi connectivity index (χ1) is 11.2. The van der Waals surface area contributed by atoms with E-state index >= 15 is 0 Å². The molecule has 0 aliphatic carbocycles. The van der Waals surface area contributed by atoms with E-state index in [1.54, 1.807) is 12.4 Å². The molecule has 1 amide bonds. The minimum atomic E-state index is -0.0637. The van der Waals surface area contributed by atoms with E-state index in [1.165, 1.54) is 0 Å². The van der Waals surface area contributed by atoms with Gasteiger partial charge in [-0.05, 0) is 41.8 Å². The third-order valence-electron chi connectivity index (χ3n) is 4.04. The van der Waals surface area contributed by atoms with Crippen molar-refractivity contribution < 1.29 is 9.53 Å². The first-order valence-electron chi connectivity index (χ1n) is 7.76. The molecule has 1 aromatic heterocycles. The number of pyridine rings is 1. The summed E-state index contributed by atoms with van der Waals surface area (Å²) in [6.45, 7) is 1.82. The Hall–Kier alpha value is -1.91. The van der Waals surface area contributed by atoms with Crippen molar-refractivity contribution in [1.82, 2.24) is 9.88 Å². The summed E-state index contributed by atoms with van der Waals surface area (Å²) in [4.78, 5) is 18.4. The maximum atomic E-state index is 12.4. The van der Waals surface area contributed by atoms with Gasteiger partial charge in [0, 0.05) is 30.4 Å². The highest BCUT2D eigenvalue weighted by atomic mass is 35.5. The molecule has 120 valence electrons. The highest BCUT2D eigenvalue weighted by molar-refractivity contribution is 6.30. The first kappa shape index (κ1) is 16.0. The molecule has 0 unspecified atom stereocenters. The lowest BCUT2D eigenvalue weighted by Crippen LogP contribution is -2.42. The summed E-state index contributed by atoms with van der Waals surface area (Å²) in [5.74, 6) is 0.169. The van der Waals surface area contributed by atoms with E-state index in [4.69, 9.17) is 16.3 Å². The number of ether oxygens (including phenoxy) is 1. The van der Waals surface area contributed by atoms with E-state index < -0.39 is 0 Å². The predicted molar refractivity (Wildman–Crippen MR) is 89.3 cm³/mol. The second kappa shape index (κ2) is 7.57. The fourth-order valence-electron chi connectivity index (χ4n) is 2.72. The smallest absolute Gasteiger partial charge is 0.223 e. The van der Waals surface area contributed by atoms with Crippen LogP contribution < -0.4 is 0 Å². The van der Waals surface area contributed by atoms with Gasteiger partial charge in [-0.3, -0.25) is 9.78 Å². The molecule has 23 heavy (non-hydrogen) atoms. The lowest BCUT2D eigenvalue weighted by Gasteiger charge is -2.33. The number of carbonyl (C=O) groups is 1. The number of hydrogen-bond acceptors (Lipinski definition) is 3. The largest absolute Gasteiger partial charge is 0.370 e. The number of aromatic nitrogens is 1. The molecule has 1 saturated heterocycles. The van der Waals surface area contributed by atoms with E-state index in [-0.39, 0.29) is 12.0 Å². The standard InChI is InChI=1S/C18H19ClN2O2/c19-16-4-1-14(2-5-16)3-6-18(22)21-11-12-23-17(13-21)15-7-9-20-10-8-15/h1-2,4-5,7-10,17H,3,6,11-13H2/t17-/m1/s1. The quantitative estimate of drug-likeness (QED) is 0.864. The molecule has 1 aliphatic heterocycles. The lowest BCUT2D eigenvalue weighted by atomic mass is 10.1. The van der Waals surface area contributed by atoms with Gasteiger partial charge >= 0.3 is 0 Å². The number of hydrogen-bond donors (Lipinski definition) is 0. The van der Waals surface area contributed by atoms with Crippen molar-refractivity contribution in [2.45, 2.75) is 18.9 Å². The number of aryl methyl sites for hydroxylation is 1. The molecule has 1 atom stereocenters. The van der Waals surface area contributed by atoms with Crippen LogP contribution >= 0.6 is 11.6 Å². The van der Waals surface area contributed by atoms with Crippen LogP contribution in [0.2, 0.25) is 5.02 Å². The van der Waals surface area contributed by atoms with Gasteiger partial charge in [-0.15, -0.1) is 0 Å². The summed E-state index contributed by atoms with van der Waals surface area (Å²) in [5, 5.41) is 0.716. The molecule has 2 heterocycles. The number of morpholine rings is 1. The number of amides is 1. The summed E-state index contributed by atoms with van der Waals surface area (Å²) >= 11 is 5.88. The predicted octanol–water partition coefficient (Wildman–Crippen LogP) is 3.27. The normalized spacial score (nSPS) is 18.0. The Morgan fingerprint density at radius 1 is 1.22 bits per heavy atom. The second-order valence-corrected chi connectivity index (χ2v) is 6.04. The van der Waals surface area contributed by atoms with Crippen molar-refractivity contribution >= 4 is 17.5 Å². The summed E-state index contributed by atoms with van der Waals surface area (Å²) in [5.41, 5.74) is 2.19. The topological polar surface area (TPSA) is 42.4 Å². The van der Waals surface area contributed by atoms with E-state index in [0.717, 1.165) is 17.5 Å². The monoisotopic (exact) mass is 330 g/mol. The highest BCUT2D eigenvalue weighted by Gasteiger charge is 2.25. The lowest BCUT2D eigenvalue weighted by molar-refractivity contribution is -0.139. The van der Waals surface area contributed by atoms with E-state index in [2.05, 4.69) is 4.98 Å². The van der Waals surface area contributed by atoms with Gasteiger partial charge in [0.15, 0.2) is 0 Å². The number of benzene rings is 1. The molecule has 0 spiro atoms. The van der Waals surface area contributed by atoms with Crippen LogP contribution in [0.3, 0.4) is 0 Å². The molecule has 0 bridgehead atoms. The van der Waals surface area contributed by atoms with Crippen LogP contribution in [0.1, 0.15) is 23.7 Å². The molecule has 1 fully saturated rings. The molecule has 1 aliphatic rings. The molecule has 3 rings (SSSR count). The van der Waals surface area contributed by atoms with E-state index in [0.29, 0.717) is 31.1 Å². The number of halogens is 1. The average molecular weight is 331 g/mol. The van der Waals surface area contributed by atoms with Crippen LogP contribution in [0.15, 0.2) is 48.8 Å². The van der Waals surface area contributed by atoms with E-state index in [1.807, 2.05) is 41.3 Å². The zero-order valence-electron chi connectivity index (χ0n) is 12.8. The molecule has 2 aromatic rings. The van der Waals surface area contributed by atoms with Gasteiger partial charge in [-0.25, -0.2) is 0 Å². The fraction of sp³-hybridized carbons (Fsp3) is 0.333. The molecular weight excluding hydrogens is 312 g/mol. The zero-order valence-corrected chi connectivity index (χ0v) is 13.6. The number of carbonyl (C=O) groups excluding carboxylic acids is 1. The number of nitrogens with zero attached hydrogens (tertiary/aromatic N) is 2. The maximum Gasteiger partial charge on any atom is 0.223 e. The Kier molecular flexibility index (Phi) is 5.26. The molecular formula is C18H19ClN2O2. The van der Waals surface area contributed by atoms with Crippen LogP contribution in [0.5, 0.6) is 0 Å². The van der Waals surface area contributed by atoms with E-state index in [9.17, 15) is 4.79 Å². The highest BCUT2D eigenvalue weighted by Crippen LogP contribution is 2.22. The zero-order chi connectivity index (χ0) is 16.1. The Morgan fingerprint density at radius 2 is 1.96 bits per heavy atom. The average Bonchev–Trinajstić information content (AvgIpc) is 2.62. The summed E-state index contributed by atoms with van der Waals surface area (Å²) in [6.07, 6.45) is 4.67. The Bertz CT molecular complexity index is 646. The second-order valence-electron chi connectivity index (χ2n) is 5.61. The van der Waals surface area contributed by atoms with Crippen molar-refractivity contribution in [3.05, 3.63) is 64.9 Å². The van der Waals surface area contributed by atoms with Crippen molar-refractivity contribution in [3.63, 3.8) is 0 Å². The van der Waals surface area contributed by atoms with Gasteiger partial charge in [-0.2, -0.15) is 0 Å². The van der Waals surface area contributed by atoms with Crippen LogP contribution in [-0.4, -0.2) is 35.5 Å². The Balaban J connectivity index is 1.55. The van der Waals surface area contributed by atoms with Gasteiger partial charge in [-0.1, -0.05) is 23.7 Å². The molecule has 5 heteroatoms.